The van der Waals surface area contributed by atoms with Crippen molar-refractivity contribution in [2.75, 3.05) is 5.32 Å². The number of rotatable bonds is 4. The fraction of sp³-hybridized carbons (Fsp3) is 0.462. The van der Waals surface area contributed by atoms with Gasteiger partial charge in [-0.1, -0.05) is 6.07 Å². The standard InChI is InChI=1S/C13H17NO4S/c1-9-6-7-12(8-13(9)14-10(2)15)19(16,17)18-11-4-3-5-11/h6-8,11H,3-5H2,1-2H3,(H,14,15). The highest BCUT2D eigenvalue weighted by Crippen LogP contribution is 2.28. The molecule has 1 fully saturated rings. The summed E-state index contributed by atoms with van der Waals surface area (Å²) in [5.41, 5.74) is 1.29. The lowest BCUT2D eigenvalue weighted by Crippen LogP contribution is -2.25. The van der Waals surface area contributed by atoms with Crippen molar-refractivity contribution in [3.63, 3.8) is 0 Å². The molecule has 1 N–H and O–H groups in total. The molecule has 0 heterocycles. The van der Waals surface area contributed by atoms with E-state index in [1.165, 1.54) is 19.1 Å². The van der Waals surface area contributed by atoms with Crippen molar-refractivity contribution in [1.29, 1.82) is 0 Å². The number of benzene rings is 1. The van der Waals surface area contributed by atoms with Crippen LogP contribution in [-0.4, -0.2) is 20.4 Å². The second-order valence-corrected chi connectivity index (χ2v) is 6.33. The van der Waals surface area contributed by atoms with Crippen LogP contribution in [0.4, 0.5) is 5.69 Å². The van der Waals surface area contributed by atoms with Crippen molar-refractivity contribution >= 4 is 21.7 Å². The fourth-order valence-electron chi connectivity index (χ4n) is 1.78. The van der Waals surface area contributed by atoms with Gasteiger partial charge in [0.05, 0.1) is 11.0 Å². The molecule has 5 nitrogen and oxygen atoms in total. The smallest absolute Gasteiger partial charge is 0.297 e. The SMILES string of the molecule is CC(=O)Nc1cc(S(=O)(=O)OC2CCC2)ccc1C. The van der Waals surface area contributed by atoms with Gasteiger partial charge in [0.1, 0.15) is 0 Å². The molecule has 0 radical (unpaired) electrons. The van der Waals surface area contributed by atoms with E-state index >= 15 is 0 Å². The first-order chi connectivity index (χ1) is 8.88. The molecule has 0 atom stereocenters. The van der Waals surface area contributed by atoms with E-state index in [2.05, 4.69) is 5.32 Å². The molecular formula is C13H17NO4S. The molecule has 0 aromatic heterocycles. The van der Waals surface area contributed by atoms with Gasteiger partial charge < -0.3 is 5.32 Å². The molecule has 1 aliphatic rings. The van der Waals surface area contributed by atoms with Crippen LogP contribution in [0.15, 0.2) is 23.1 Å². The lowest BCUT2D eigenvalue weighted by Gasteiger charge is -2.24. The zero-order valence-electron chi connectivity index (χ0n) is 11.0. The van der Waals surface area contributed by atoms with Gasteiger partial charge in [-0.15, -0.1) is 0 Å². The summed E-state index contributed by atoms with van der Waals surface area (Å²) in [5, 5.41) is 2.61. The third-order valence-corrected chi connectivity index (χ3v) is 4.48. The Morgan fingerprint density at radius 2 is 2.05 bits per heavy atom. The van der Waals surface area contributed by atoms with Crippen molar-refractivity contribution in [2.45, 2.75) is 44.1 Å². The fourth-order valence-corrected chi connectivity index (χ4v) is 2.94. The molecule has 1 aromatic carbocycles. The van der Waals surface area contributed by atoms with Gasteiger partial charge in [-0.2, -0.15) is 8.42 Å². The second-order valence-electron chi connectivity index (χ2n) is 4.76. The minimum absolute atomic E-state index is 0.0775. The number of carbonyl (C=O) groups is 1. The van der Waals surface area contributed by atoms with Crippen LogP contribution in [0.2, 0.25) is 0 Å². The Kier molecular flexibility index (Phi) is 3.91. The Labute approximate surface area is 113 Å². The van der Waals surface area contributed by atoms with Crippen LogP contribution >= 0.6 is 0 Å². The van der Waals surface area contributed by atoms with Gasteiger partial charge in [0.25, 0.3) is 10.1 Å². The van der Waals surface area contributed by atoms with Crippen LogP contribution < -0.4 is 5.32 Å². The number of hydrogen-bond donors (Lipinski definition) is 1. The summed E-state index contributed by atoms with van der Waals surface area (Å²) in [7, 11) is -3.75. The first kappa shape index (κ1) is 14.0. The Morgan fingerprint density at radius 3 is 2.58 bits per heavy atom. The van der Waals surface area contributed by atoms with Crippen LogP contribution in [0.5, 0.6) is 0 Å². The van der Waals surface area contributed by atoms with E-state index in [4.69, 9.17) is 4.18 Å². The van der Waals surface area contributed by atoms with Gasteiger partial charge in [0, 0.05) is 12.6 Å². The number of aryl methyl sites for hydroxylation is 1. The molecule has 0 unspecified atom stereocenters. The molecule has 1 saturated carbocycles. The number of hydrogen-bond acceptors (Lipinski definition) is 4. The van der Waals surface area contributed by atoms with Crippen molar-refractivity contribution in [3.8, 4) is 0 Å². The summed E-state index contributed by atoms with van der Waals surface area (Å²) in [6.07, 6.45) is 2.37. The van der Waals surface area contributed by atoms with Crippen LogP contribution in [-0.2, 0) is 19.1 Å². The first-order valence-electron chi connectivity index (χ1n) is 6.20. The van der Waals surface area contributed by atoms with Crippen molar-refractivity contribution < 1.29 is 17.4 Å². The number of carbonyl (C=O) groups excluding carboxylic acids is 1. The lowest BCUT2D eigenvalue weighted by atomic mass is 9.97. The van der Waals surface area contributed by atoms with Crippen LogP contribution in [0.3, 0.4) is 0 Å². The van der Waals surface area contributed by atoms with Crippen molar-refractivity contribution in [2.24, 2.45) is 0 Å². The second kappa shape index (κ2) is 5.30. The van der Waals surface area contributed by atoms with Gasteiger partial charge in [-0.25, -0.2) is 0 Å². The van der Waals surface area contributed by atoms with E-state index in [-0.39, 0.29) is 16.9 Å². The highest BCUT2D eigenvalue weighted by molar-refractivity contribution is 7.86. The molecule has 6 heteroatoms. The minimum atomic E-state index is -3.75. The molecule has 1 aromatic rings. The average molecular weight is 283 g/mol. The van der Waals surface area contributed by atoms with E-state index in [0.29, 0.717) is 5.69 Å². The van der Waals surface area contributed by atoms with E-state index < -0.39 is 10.1 Å². The van der Waals surface area contributed by atoms with Gasteiger partial charge in [-0.05, 0) is 43.9 Å². The van der Waals surface area contributed by atoms with Crippen LogP contribution in [0, 0.1) is 6.92 Å². The summed E-state index contributed by atoms with van der Waals surface area (Å²) in [6, 6.07) is 4.58. The molecule has 104 valence electrons. The maximum Gasteiger partial charge on any atom is 0.297 e. The Morgan fingerprint density at radius 1 is 1.37 bits per heavy atom. The summed E-state index contributed by atoms with van der Waals surface area (Å²) in [4.78, 5) is 11.1. The molecule has 0 spiro atoms. The van der Waals surface area contributed by atoms with E-state index in [9.17, 15) is 13.2 Å². The van der Waals surface area contributed by atoms with Crippen molar-refractivity contribution in [1.82, 2.24) is 0 Å². The van der Waals surface area contributed by atoms with E-state index in [0.717, 1.165) is 24.8 Å². The first-order valence-corrected chi connectivity index (χ1v) is 7.61. The quantitative estimate of drug-likeness (QED) is 0.860. The summed E-state index contributed by atoms with van der Waals surface area (Å²) in [6.45, 7) is 3.18. The highest BCUT2D eigenvalue weighted by atomic mass is 32.2. The molecule has 0 saturated heterocycles. The Bertz CT molecular complexity index is 591. The molecule has 0 bridgehead atoms. The Balaban J connectivity index is 2.26. The van der Waals surface area contributed by atoms with Crippen LogP contribution in [0.25, 0.3) is 0 Å². The highest BCUT2D eigenvalue weighted by Gasteiger charge is 2.26. The van der Waals surface area contributed by atoms with Gasteiger partial charge in [0.2, 0.25) is 5.91 Å². The predicted octanol–water partition coefficient (Wildman–Crippen LogP) is 2.21. The largest absolute Gasteiger partial charge is 0.326 e. The lowest BCUT2D eigenvalue weighted by molar-refractivity contribution is -0.114. The monoisotopic (exact) mass is 283 g/mol. The molecule has 19 heavy (non-hydrogen) atoms. The Hall–Kier alpha value is -1.40. The summed E-state index contributed by atoms with van der Waals surface area (Å²) < 4.78 is 29.2. The third-order valence-electron chi connectivity index (χ3n) is 3.12. The predicted molar refractivity (Wildman–Crippen MR) is 71.4 cm³/mol. The van der Waals surface area contributed by atoms with Gasteiger partial charge in [-0.3, -0.25) is 8.98 Å². The number of nitrogens with one attached hydrogen (secondary N) is 1. The van der Waals surface area contributed by atoms with Gasteiger partial charge in [0.15, 0.2) is 0 Å². The molecule has 1 aliphatic carbocycles. The van der Waals surface area contributed by atoms with E-state index in [1.54, 1.807) is 13.0 Å². The molecule has 2 rings (SSSR count). The zero-order valence-corrected chi connectivity index (χ0v) is 11.8. The molecular weight excluding hydrogens is 266 g/mol. The molecule has 0 aliphatic heterocycles. The van der Waals surface area contributed by atoms with Crippen LogP contribution in [0.1, 0.15) is 31.7 Å². The molecule has 1 amide bonds. The zero-order chi connectivity index (χ0) is 14.0. The maximum absolute atomic E-state index is 12.0. The summed E-state index contributed by atoms with van der Waals surface area (Å²) in [5.74, 6) is -0.238. The minimum Gasteiger partial charge on any atom is -0.326 e. The average Bonchev–Trinajstić information content (AvgIpc) is 2.26. The maximum atomic E-state index is 12.0. The number of amides is 1. The third kappa shape index (κ3) is 3.33. The van der Waals surface area contributed by atoms with E-state index in [1.807, 2.05) is 0 Å². The normalized spacial score (nSPS) is 15.9. The topological polar surface area (TPSA) is 72.5 Å². The summed E-state index contributed by atoms with van der Waals surface area (Å²) >= 11 is 0. The van der Waals surface area contributed by atoms with Crippen molar-refractivity contribution in [3.05, 3.63) is 23.8 Å². The number of anilines is 1. The van der Waals surface area contributed by atoms with Gasteiger partial charge >= 0.3 is 0 Å².